The highest BCUT2D eigenvalue weighted by Gasteiger charge is 2.27. The van der Waals surface area contributed by atoms with Crippen LogP contribution in [-0.4, -0.2) is 33.1 Å². The third-order valence-electron chi connectivity index (χ3n) is 4.09. The summed E-state index contributed by atoms with van der Waals surface area (Å²) in [6, 6.07) is 9.83. The monoisotopic (exact) mass is 329 g/mol. The molecular formula is C17H19N3O2S. The number of aryl methyl sites for hydroxylation is 1. The fourth-order valence-corrected chi connectivity index (χ4v) is 3.84. The summed E-state index contributed by atoms with van der Waals surface area (Å²) < 4.78 is 1.67. The summed E-state index contributed by atoms with van der Waals surface area (Å²) in [5.74, 6) is 0.241. The van der Waals surface area contributed by atoms with Crippen molar-refractivity contribution in [3.63, 3.8) is 0 Å². The third kappa shape index (κ3) is 2.99. The zero-order valence-corrected chi connectivity index (χ0v) is 14.0. The van der Waals surface area contributed by atoms with Crippen LogP contribution in [0.25, 0.3) is 0 Å². The molecule has 120 valence electrons. The molecule has 0 spiro atoms. The van der Waals surface area contributed by atoms with Crippen LogP contribution < -0.4 is 5.73 Å². The largest absolute Gasteiger partial charge is 0.366 e. The first-order chi connectivity index (χ1) is 11.0. The molecule has 0 aliphatic carbocycles. The molecule has 1 aliphatic rings. The van der Waals surface area contributed by atoms with Crippen LogP contribution in [0.4, 0.5) is 0 Å². The average molecular weight is 329 g/mol. The molecule has 5 nitrogen and oxygen atoms in total. The van der Waals surface area contributed by atoms with Crippen LogP contribution in [0, 0.1) is 0 Å². The standard InChI is InChI=1S/C17H19N3O2S/c1-11-10-23-15-6-4-3-5-12(15)9-20(11)17(22)14-7-13(16(18)21)8-19(14)2/h3-8,11H,9-10H2,1-2H3,(H2,18,21). The van der Waals surface area contributed by atoms with Gasteiger partial charge in [-0.15, -0.1) is 11.8 Å². The second-order valence-electron chi connectivity index (χ2n) is 5.79. The quantitative estimate of drug-likeness (QED) is 0.919. The molecule has 0 saturated carbocycles. The average Bonchev–Trinajstić information content (AvgIpc) is 2.84. The van der Waals surface area contributed by atoms with Crippen molar-refractivity contribution >= 4 is 23.6 Å². The number of carbonyl (C=O) groups excluding carboxylic acids is 2. The number of fused-ring (bicyclic) bond motifs is 1. The summed E-state index contributed by atoms with van der Waals surface area (Å²) in [7, 11) is 1.75. The molecule has 2 N–H and O–H groups in total. The van der Waals surface area contributed by atoms with Gasteiger partial charge in [0.1, 0.15) is 5.69 Å². The fraction of sp³-hybridized carbons (Fsp3) is 0.294. The highest BCUT2D eigenvalue weighted by Crippen LogP contribution is 2.30. The zero-order chi connectivity index (χ0) is 16.6. The highest BCUT2D eigenvalue weighted by molar-refractivity contribution is 7.99. The topological polar surface area (TPSA) is 68.3 Å². The lowest BCUT2D eigenvalue weighted by molar-refractivity contribution is 0.0684. The first kappa shape index (κ1) is 15.7. The Balaban J connectivity index is 1.93. The lowest BCUT2D eigenvalue weighted by Gasteiger charge is -2.27. The summed E-state index contributed by atoms with van der Waals surface area (Å²) in [5, 5.41) is 0. The fourth-order valence-electron chi connectivity index (χ4n) is 2.75. The van der Waals surface area contributed by atoms with E-state index < -0.39 is 5.91 Å². The molecule has 23 heavy (non-hydrogen) atoms. The molecule has 6 heteroatoms. The van der Waals surface area contributed by atoms with Gasteiger partial charge in [0.25, 0.3) is 5.91 Å². The highest BCUT2D eigenvalue weighted by atomic mass is 32.2. The SMILES string of the molecule is CC1CSc2ccccc2CN1C(=O)c1cc(C(N)=O)cn1C. The summed E-state index contributed by atoms with van der Waals surface area (Å²) in [6.45, 7) is 2.62. The normalized spacial score (nSPS) is 17.5. The smallest absolute Gasteiger partial charge is 0.271 e. The first-order valence-electron chi connectivity index (χ1n) is 7.45. The van der Waals surface area contributed by atoms with Crippen molar-refractivity contribution in [2.75, 3.05) is 5.75 Å². The molecular weight excluding hydrogens is 310 g/mol. The Morgan fingerprint density at radius 2 is 2.04 bits per heavy atom. The maximum Gasteiger partial charge on any atom is 0.271 e. The third-order valence-corrected chi connectivity index (χ3v) is 5.45. The van der Waals surface area contributed by atoms with Gasteiger partial charge in [-0.2, -0.15) is 0 Å². The van der Waals surface area contributed by atoms with Crippen LogP contribution in [-0.2, 0) is 13.6 Å². The van der Waals surface area contributed by atoms with E-state index in [-0.39, 0.29) is 11.9 Å². The van der Waals surface area contributed by atoms with Gasteiger partial charge >= 0.3 is 0 Å². The number of nitrogens with zero attached hydrogens (tertiary/aromatic N) is 2. The first-order valence-corrected chi connectivity index (χ1v) is 8.43. The van der Waals surface area contributed by atoms with Gasteiger partial charge in [-0.1, -0.05) is 18.2 Å². The molecule has 1 aromatic carbocycles. The van der Waals surface area contributed by atoms with Gasteiger partial charge in [-0.25, -0.2) is 0 Å². The molecule has 2 heterocycles. The molecule has 1 aromatic heterocycles. The maximum atomic E-state index is 13.0. The Kier molecular flexibility index (Phi) is 4.17. The molecule has 1 aliphatic heterocycles. The number of thioether (sulfide) groups is 1. The van der Waals surface area contributed by atoms with Gasteiger partial charge in [-0.3, -0.25) is 9.59 Å². The van der Waals surface area contributed by atoms with Crippen LogP contribution in [0.2, 0.25) is 0 Å². The second-order valence-corrected chi connectivity index (χ2v) is 6.85. The van der Waals surface area contributed by atoms with E-state index in [4.69, 9.17) is 5.73 Å². The minimum atomic E-state index is -0.524. The van der Waals surface area contributed by atoms with Crippen molar-refractivity contribution in [2.45, 2.75) is 24.4 Å². The van der Waals surface area contributed by atoms with E-state index in [1.165, 1.54) is 4.90 Å². The van der Waals surface area contributed by atoms with Crippen molar-refractivity contribution in [3.8, 4) is 0 Å². The van der Waals surface area contributed by atoms with Crippen LogP contribution in [0.1, 0.15) is 33.3 Å². The summed E-state index contributed by atoms with van der Waals surface area (Å²) >= 11 is 1.77. The van der Waals surface area contributed by atoms with E-state index >= 15 is 0 Å². The van der Waals surface area contributed by atoms with Gasteiger partial charge in [0.15, 0.2) is 0 Å². The Morgan fingerprint density at radius 1 is 1.30 bits per heavy atom. The molecule has 2 amide bonds. The van der Waals surface area contributed by atoms with Crippen molar-refractivity contribution in [3.05, 3.63) is 53.3 Å². The number of hydrogen-bond donors (Lipinski definition) is 1. The lowest BCUT2D eigenvalue weighted by atomic mass is 10.1. The van der Waals surface area contributed by atoms with Gasteiger partial charge in [-0.05, 0) is 24.6 Å². The summed E-state index contributed by atoms with van der Waals surface area (Å²) in [5.41, 5.74) is 7.30. The number of hydrogen-bond acceptors (Lipinski definition) is 3. The van der Waals surface area contributed by atoms with Gasteiger partial charge < -0.3 is 15.2 Å². The van der Waals surface area contributed by atoms with E-state index in [0.29, 0.717) is 17.8 Å². The van der Waals surface area contributed by atoms with Crippen molar-refractivity contribution in [2.24, 2.45) is 12.8 Å². The van der Waals surface area contributed by atoms with E-state index in [0.717, 1.165) is 11.3 Å². The Hall–Kier alpha value is -2.21. The maximum absolute atomic E-state index is 13.0. The number of nitrogens with two attached hydrogens (primary N) is 1. The minimum absolute atomic E-state index is 0.0789. The van der Waals surface area contributed by atoms with Gasteiger partial charge in [0.05, 0.1) is 5.56 Å². The minimum Gasteiger partial charge on any atom is -0.366 e. The zero-order valence-electron chi connectivity index (χ0n) is 13.2. The van der Waals surface area contributed by atoms with E-state index in [2.05, 4.69) is 19.1 Å². The van der Waals surface area contributed by atoms with Crippen molar-refractivity contribution in [1.29, 1.82) is 0 Å². The number of amides is 2. The second kappa shape index (κ2) is 6.12. The van der Waals surface area contributed by atoms with Gasteiger partial charge in [0.2, 0.25) is 5.91 Å². The predicted octanol–water partition coefficient (Wildman–Crippen LogP) is 2.26. The summed E-state index contributed by atoms with van der Waals surface area (Å²) in [6.07, 6.45) is 1.60. The molecule has 0 radical (unpaired) electrons. The Labute approximate surface area is 139 Å². The Bertz CT molecular complexity index is 769. The van der Waals surface area contributed by atoms with E-state index in [9.17, 15) is 9.59 Å². The number of rotatable bonds is 2. The van der Waals surface area contributed by atoms with Crippen LogP contribution in [0.15, 0.2) is 41.4 Å². The molecule has 2 aromatic rings. The predicted molar refractivity (Wildman–Crippen MR) is 90.4 cm³/mol. The van der Waals surface area contributed by atoms with E-state index in [1.807, 2.05) is 17.0 Å². The molecule has 0 saturated heterocycles. The molecule has 0 bridgehead atoms. The van der Waals surface area contributed by atoms with Crippen LogP contribution in [0.3, 0.4) is 0 Å². The molecule has 1 atom stereocenters. The van der Waals surface area contributed by atoms with Crippen molar-refractivity contribution in [1.82, 2.24) is 9.47 Å². The molecule has 3 rings (SSSR count). The summed E-state index contributed by atoms with van der Waals surface area (Å²) in [4.78, 5) is 27.4. The lowest BCUT2D eigenvalue weighted by Crippen LogP contribution is -2.39. The van der Waals surface area contributed by atoms with Gasteiger partial charge in [0, 0.05) is 36.5 Å². The van der Waals surface area contributed by atoms with Crippen LogP contribution >= 0.6 is 11.8 Å². The number of aromatic nitrogens is 1. The molecule has 1 unspecified atom stereocenters. The van der Waals surface area contributed by atoms with Crippen molar-refractivity contribution < 1.29 is 9.59 Å². The molecule has 0 fully saturated rings. The van der Waals surface area contributed by atoms with Crippen LogP contribution in [0.5, 0.6) is 0 Å². The number of carbonyl (C=O) groups is 2. The van der Waals surface area contributed by atoms with E-state index in [1.54, 1.807) is 35.6 Å². The number of primary amides is 1. The number of benzene rings is 1. The Morgan fingerprint density at radius 3 is 2.74 bits per heavy atom.